The van der Waals surface area contributed by atoms with Gasteiger partial charge in [-0.2, -0.15) is 0 Å². The van der Waals surface area contributed by atoms with Crippen LogP contribution in [0.5, 0.6) is 0 Å². The molecule has 0 unspecified atom stereocenters. The maximum atomic E-state index is 12.1. The van der Waals surface area contributed by atoms with Crippen LogP contribution in [0.4, 0.5) is 4.79 Å². The number of methoxy groups -OCH3 is 1. The third kappa shape index (κ3) is 10.1. The molecule has 25 heavy (non-hydrogen) atoms. The molecule has 3 N–H and O–H groups in total. The maximum absolute atomic E-state index is 12.1. The molecular formula is C19H32N2O4. The van der Waals surface area contributed by atoms with Crippen LogP contribution in [0.2, 0.25) is 0 Å². The van der Waals surface area contributed by atoms with Gasteiger partial charge in [0, 0.05) is 20.3 Å². The van der Waals surface area contributed by atoms with Crippen LogP contribution < -0.4 is 10.6 Å². The van der Waals surface area contributed by atoms with Crippen LogP contribution in [0.15, 0.2) is 30.3 Å². The highest BCUT2D eigenvalue weighted by molar-refractivity contribution is 5.68. The Bertz CT molecular complexity index is 488. The molecule has 2 atom stereocenters. The van der Waals surface area contributed by atoms with E-state index < -0.39 is 23.8 Å². The number of rotatable bonds is 10. The molecule has 0 saturated carbocycles. The summed E-state index contributed by atoms with van der Waals surface area (Å²) >= 11 is 0. The Kier molecular flexibility index (Phi) is 9.49. The molecule has 0 radical (unpaired) electrons. The van der Waals surface area contributed by atoms with E-state index in [4.69, 9.17) is 9.47 Å². The van der Waals surface area contributed by atoms with Crippen molar-refractivity contribution in [3.05, 3.63) is 35.9 Å². The fourth-order valence-corrected chi connectivity index (χ4v) is 2.34. The second-order valence-electron chi connectivity index (χ2n) is 7.06. The molecular weight excluding hydrogens is 320 g/mol. The zero-order valence-electron chi connectivity index (χ0n) is 15.7. The Morgan fingerprint density at radius 3 is 2.52 bits per heavy atom. The minimum absolute atomic E-state index is 0.386. The summed E-state index contributed by atoms with van der Waals surface area (Å²) in [6, 6.07) is 9.33. The molecule has 1 aromatic carbocycles. The van der Waals surface area contributed by atoms with Crippen molar-refractivity contribution in [3.8, 4) is 0 Å². The Hall–Kier alpha value is -1.63. The van der Waals surface area contributed by atoms with E-state index in [0.717, 1.165) is 18.5 Å². The fourth-order valence-electron chi connectivity index (χ4n) is 2.34. The Morgan fingerprint density at radius 2 is 1.92 bits per heavy atom. The third-order valence-corrected chi connectivity index (χ3v) is 3.52. The summed E-state index contributed by atoms with van der Waals surface area (Å²) < 4.78 is 10.3. The van der Waals surface area contributed by atoms with E-state index >= 15 is 0 Å². The van der Waals surface area contributed by atoms with E-state index in [-0.39, 0.29) is 0 Å². The number of amides is 1. The van der Waals surface area contributed by atoms with Gasteiger partial charge in [-0.3, -0.25) is 0 Å². The van der Waals surface area contributed by atoms with Crippen molar-refractivity contribution < 1.29 is 19.4 Å². The molecule has 0 heterocycles. The van der Waals surface area contributed by atoms with Gasteiger partial charge >= 0.3 is 6.09 Å². The van der Waals surface area contributed by atoms with Gasteiger partial charge in [0.2, 0.25) is 0 Å². The highest BCUT2D eigenvalue weighted by atomic mass is 16.6. The molecule has 0 bridgehead atoms. The lowest BCUT2D eigenvalue weighted by Crippen LogP contribution is -2.50. The lowest BCUT2D eigenvalue weighted by Gasteiger charge is -2.27. The van der Waals surface area contributed by atoms with Crippen LogP contribution in [-0.2, 0) is 15.9 Å². The second kappa shape index (κ2) is 11.1. The highest BCUT2D eigenvalue weighted by Crippen LogP contribution is 2.10. The highest BCUT2D eigenvalue weighted by Gasteiger charge is 2.24. The Balaban J connectivity index is 2.61. The summed E-state index contributed by atoms with van der Waals surface area (Å²) in [4.78, 5) is 12.1. The molecule has 1 aromatic rings. The molecule has 0 spiro atoms. The number of aliphatic hydroxyl groups excluding tert-OH is 1. The quantitative estimate of drug-likeness (QED) is 0.562. The summed E-state index contributed by atoms with van der Waals surface area (Å²) in [6.07, 6.45) is 0.148. The number of carbonyl (C=O) groups is 1. The molecule has 6 heteroatoms. The van der Waals surface area contributed by atoms with Crippen LogP contribution in [0.25, 0.3) is 0 Å². The topological polar surface area (TPSA) is 79.8 Å². The third-order valence-electron chi connectivity index (χ3n) is 3.52. The normalized spacial score (nSPS) is 14.0. The lowest BCUT2D eigenvalue weighted by molar-refractivity contribution is 0.0422. The van der Waals surface area contributed by atoms with E-state index in [0.29, 0.717) is 19.6 Å². The van der Waals surface area contributed by atoms with Gasteiger partial charge in [0.1, 0.15) is 5.60 Å². The molecule has 0 aliphatic rings. The zero-order chi connectivity index (χ0) is 18.7. The average molecular weight is 352 g/mol. The van der Waals surface area contributed by atoms with Crippen molar-refractivity contribution in [3.63, 3.8) is 0 Å². The molecule has 0 aromatic heterocycles. The summed E-state index contributed by atoms with van der Waals surface area (Å²) in [5.74, 6) is 0. The van der Waals surface area contributed by atoms with Gasteiger partial charge in [-0.15, -0.1) is 0 Å². The first kappa shape index (κ1) is 21.4. The van der Waals surface area contributed by atoms with E-state index in [1.54, 1.807) is 7.11 Å². The summed E-state index contributed by atoms with van der Waals surface area (Å²) in [5.41, 5.74) is 0.465. The predicted octanol–water partition coefficient (Wildman–Crippen LogP) is 2.11. The maximum Gasteiger partial charge on any atom is 0.407 e. The summed E-state index contributed by atoms with van der Waals surface area (Å²) in [7, 11) is 1.66. The Morgan fingerprint density at radius 1 is 1.24 bits per heavy atom. The summed E-state index contributed by atoms with van der Waals surface area (Å²) in [6.45, 7) is 7.24. The SMILES string of the molecule is COCCCNC[C@@H](O)[C@H](Cc1ccccc1)NC(=O)OC(C)(C)C. The molecule has 1 amide bonds. The number of carbonyl (C=O) groups excluding carboxylic acids is 1. The minimum Gasteiger partial charge on any atom is -0.444 e. The zero-order valence-corrected chi connectivity index (χ0v) is 15.7. The molecule has 0 fully saturated rings. The van der Waals surface area contributed by atoms with Crippen molar-refractivity contribution in [2.75, 3.05) is 26.8 Å². The first-order valence-corrected chi connectivity index (χ1v) is 8.73. The number of alkyl carbamates (subject to hydrolysis) is 1. The van der Waals surface area contributed by atoms with Crippen molar-refractivity contribution in [2.24, 2.45) is 0 Å². The second-order valence-corrected chi connectivity index (χ2v) is 7.06. The number of hydrogen-bond acceptors (Lipinski definition) is 5. The van der Waals surface area contributed by atoms with Gasteiger partial charge in [-0.1, -0.05) is 30.3 Å². The minimum atomic E-state index is -0.727. The number of aliphatic hydroxyl groups is 1. The van der Waals surface area contributed by atoms with Gasteiger partial charge in [-0.05, 0) is 45.7 Å². The van der Waals surface area contributed by atoms with E-state index in [1.165, 1.54) is 0 Å². The molecule has 142 valence electrons. The predicted molar refractivity (Wildman–Crippen MR) is 98.7 cm³/mol. The van der Waals surface area contributed by atoms with E-state index in [1.807, 2.05) is 51.1 Å². The molecule has 0 aliphatic carbocycles. The van der Waals surface area contributed by atoms with Gasteiger partial charge in [0.25, 0.3) is 0 Å². The van der Waals surface area contributed by atoms with Crippen LogP contribution in [0, 0.1) is 0 Å². The monoisotopic (exact) mass is 352 g/mol. The first-order chi connectivity index (χ1) is 11.8. The smallest absolute Gasteiger partial charge is 0.407 e. The largest absolute Gasteiger partial charge is 0.444 e. The fraction of sp³-hybridized carbons (Fsp3) is 0.632. The summed E-state index contributed by atoms with van der Waals surface area (Å²) in [5, 5.41) is 16.5. The van der Waals surface area contributed by atoms with Gasteiger partial charge in [0.05, 0.1) is 12.1 Å². The Labute approximate surface area is 150 Å². The van der Waals surface area contributed by atoms with Crippen molar-refractivity contribution in [1.82, 2.24) is 10.6 Å². The molecule has 6 nitrogen and oxygen atoms in total. The van der Waals surface area contributed by atoms with Crippen LogP contribution in [0.1, 0.15) is 32.8 Å². The van der Waals surface area contributed by atoms with Gasteiger partial charge < -0.3 is 25.2 Å². The van der Waals surface area contributed by atoms with Crippen molar-refractivity contribution >= 4 is 6.09 Å². The number of benzene rings is 1. The van der Waals surface area contributed by atoms with Gasteiger partial charge in [-0.25, -0.2) is 4.79 Å². The van der Waals surface area contributed by atoms with Gasteiger partial charge in [0.15, 0.2) is 0 Å². The molecule has 0 aliphatic heterocycles. The van der Waals surface area contributed by atoms with Crippen LogP contribution in [-0.4, -0.2) is 55.8 Å². The van der Waals surface area contributed by atoms with E-state index in [9.17, 15) is 9.90 Å². The number of ether oxygens (including phenoxy) is 2. The number of nitrogens with one attached hydrogen (secondary N) is 2. The van der Waals surface area contributed by atoms with Crippen molar-refractivity contribution in [2.45, 2.75) is 51.4 Å². The average Bonchev–Trinajstić information content (AvgIpc) is 2.53. The lowest BCUT2D eigenvalue weighted by atomic mass is 10.0. The van der Waals surface area contributed by atoms with Crippen LogP contribution in [0.3, 0.4) is 0 Å². The molecule has 0 saturated heterocycles. The van der Waals surface area contributed by atoms with E-state index in [2.05, 4.69) is 10.6 Å². The van der Waals surface area contributed by atoms with Crippen LogP contribution >= 0.6 is 0 Å². The standard InChI is InChI=1S/C19H32N2O4/c1-19(2,3)25-18(23)21-16(13-15-9-6-5-7-10-15)17(22)14-20-11-8-12-24-4/h5-7,9-10,16-17,20,22H,8,11-14H2,1-4H3,(H,21,23)/t16-,17+/m0/s1. The molecule has 1 rings (SSSR count). The number of hydrogen-bond donors (Lipinski definition) is 3. The first-order valence-electron chi connectivity index (χ1n) is 8.73. The van der Waals surface area contributed by atoms with Crippen molar-refractivity contribution in [1.29, 1.82) is 0 Å².